The van der Waals surface area contributed by atoms with Gasteiger partial charge in [0.15, 0.2) is 6.29 Å². The molecule has 48 heavy (non-hydrogen) atoms. The van der Waals surface area contributed by atoms with Crippen LogP contribution in [-0.2, 0) is 14.3 Å². The molecule has 0 bridgehead atoms. The van der Waals surface area contributed by atoms with Crippen molar-refractivity contribution in [2.45, 2.75) is 172 Å². The van der Waals surface area contributed by atoms with Crippen LogP contribution in [-0.4, -0.2) is 98.7 Å². The van der Waals surface area contributed by atoms with Crippen molar-refractivity contribution in [2.75, 3.05) is 13.2 Å². The third-order valence-electron chi connectivity index (χ3n) is 8.46. The summed E-state index contributed by atoms with van der Waals surface area (Å²) in [4.78, 5) is 12.9. The van der Waals surface area contributed by atoms with Gasteiger partial charge in [0, 0.05) is 0 Å². The van der Waals surface area contributed by atoms with E-state index < -0.39 is 61.5 Å². The summed E-state index contributed by atoms with van der Waals surface area (Å²) in [6, 6.07) is -1.00. The molecule has 0 radical (unpaired) electrons. The number of hydrogen-bond donors (Lipinski definition) is 7. The fourth-order valence-corrected chi connectivity index (χ4v) is 5.29. The van der Waals surface area contributed by atoms with Gasteiger partial charge in [-0.25, -0.2) is 0 Å². The number of unbranched alkanes of at least 4 members (excludes halogenated alkanes) is 11. The maximum Gasteiger partial charge on any atom is 0.249 e. The van der Waals surface area contributed by atoms with Gasteiger partial charge < -0.3 is 45.4 Å². The second-order valence-electron chi connectivity index (χ2n) is 12.8. The van der Waals surface area contributed by atoms with Crippen molar-refractivity contribution in [1.82, 2.24) is 5.32 Å². The lowest BCUT2D eigenvalue weighted by molar-refractivity contribution is -0.302. The number of nitrogens with one attached hydrogen (secondary N) is 1. The van der Waals surface area contributed by atoms with Crippen molar-refractivity contribution in [1.29, 1.82) is 0 Å². The second-order valence-corrected chi connectivity index (χ2v) is 12.8. The second kappa shape index (κ2) is 28.9. The van der Waals surface area contributed by atoms with Gasteiger partial charge in [-0.05, 0) is 64.2 Å². The Bertz CT molecular complexity index is 907. The van der Waals surface area contributed by atoms with E-state index in [0.29, 0.717) is 12.8 Å². The minimum absolute atomic E-state index is 0.283. The zero-order valence-corrected chi connectivity index (χ0v) is 29.6. The molecule has 0 saturated carbocycles. The summed E-state index contributed by atoms with van der Waals surface area (Å²) in [7, 11) is 0. The van der Waals surface area contributed by atoms with Gasteiger partial charge in [-0.3, -0.25) is 4.79 Å². The third-order valence-corrected chi connectivity index (χ3v) is 8.46. The molecule has 1 aliphatic rings. The molecule has 1 rings (SSSR count). The molecule has 10 heteroatoms. The van der Waals surface area contributed by atoms with Crippen molar-refractivity contribution in [3.8, 4) is 0 Å². The molecule has 1 amide bonds. The molecule has 0 aromatic carbocycles. The van der Waals surface area contributed by atoms with Crippen LogP contribution < -0.4 is 5.32 Å². The van der Waals surface area contributed by atoms with Crippen LogP contribution in [0.4, 0.5) is 0 Å². The topological polar surface area (TPSA) is 169 Å². The minimum Gasteiger partial charge on any atom is -0.394 e. The van der Waals surface area contributed by atoms with E-state index >= 15 is 0 Å². The van der Waals surface area contributed by atoms with E-state index in [2.05, 4.69) is 55.6 Å². The number of rotatable bonds is 28. The number of aliphatic hydroxyl groups excluding tert-OH is 6. The summed E-state index contributed by atoms with van der Waals surface area (Å²) in [5.74, 6) is -0.647. The van der Waals surface area contributed by atoms with Crippen LogP contribution in [0, 0.1) is 0 Å². The first-order valence-electron chi connectivity index (χ1n) is 18.5. The number of carbonyl (C=O) groups excluding carboxylic acids is 1. The molecule has 8 unspecified atom stereocenters. The monoisotopic (exact) mass is 681 g/mol. The van der Waals surface area contributed by atoms with Crippen LogP contribution in [0.2, 0.25) is 0 Å². The zero-order valence-electron chi connectivity index (χ0n) is 29.6. The van der Waals surface area contributed by atoms with Crippen LogP contribution in [0.5, 0.6) is 0 Å². The maximum atomic E-state index is 12.9. The van der Waals surface area contributed by atoms with Gasteiger partial charge in [0.05, 0.1) is 25.4 Å². The number of amides is 1. The Balaban J connectivity index is 2.62. The van der Waals surface area contributed by atoms with Crippen LogP contribution in [0.3, 0.4) is 0 Å². The number of hydrogen-bond acceptors (Lipinski definition) is 9. The van der Waals surface area contributed by atoms with Crippen LogP contribution in [0.1, 0.15) is 123 Å². The summed E-state index contributed by atoms with van der Waals surface area (Å²) in [6.07, 6.45) is 23.5. The smallest absolute Gasteiger partial charge is 0.249 e. The Morgan fingerprint density at radius 3 is 1.85 bits per heavy atom. The minimum atomic E-state index is -1.62. The predicted molar refractivity (Wildman–Crippen MR) is 190 cm³/mol. The molecule has 1 heterocycles. The first-order chi connectivity index (χ1) is 23.3. The van der Waals surface area contributed by atoms with Crippen molar-refractivity contribution in [3.05, 3.63) is 48.6 Å². The first kappa shape index (κ1) is 44.1. The first-order valence-corrected chi connectivity index (χ1v) is 18.5. The normalized spacial score (nSPS) is 23.9. The van der Waals surface area contributed by atoms with E-state index in [1.807, 2.05) is 6.08 Å². The van der Waals surface area contributed by atoms with Gasteiger partial charge in [-0.15, -0.1) is 0 Å². The van der Waals surface area contributed by atoms with Gasteiger partial charge >= 0.3 is 0 Å². The Morgan fingerprint density at radius 2 is 1.25 bits per heavy atom. The number of aliphatic hydroxyl groups is 6. The lowest BCUT2D eigenvalue weighted by Gasteiger charge is -2.40. The van der Waals surface area contributed by atoms with E-state index in [1.54, 1.807) is 6.08 Å². The van der Waals surface area contributed by atoms with E-state index in [1.165, 1.54) is 32.1 Å². The highest BCUT2D eigenvalue weighted by Crippen LogP contribution is 2.22. The molecule has 0 aromatic heterocycles. The summed E-state index contributed by atoms with van der Waals surface area (Å²) in [5, 5.41) is 64.1. The molecule has 10 nitrogen and oxygen atoms in total. The molecular weight excluding hydrogens is 614 g/mol. The number of carbonyl (C=O) groups is 1. The summed E-state index contributed by atoms with van der Waals surface area (Å²) >= 11 is 0. The fraction of sp³-hybridized carbons (Fsp3) is 0.763. The molecule has 7 N–H and O–H groups in total. The van der Waals surface area contributed by atoms with E-state index in [9.17, 15) is 35.4 Å². The number of ether oxygens (including phenoxy) is 2. The highest BCUT2D eigenvalue weighted by Gasteiger charge is 2.44. The summed E-state index contributed by atoms with van der Waals surface area (Å²) in [6.45, 7) is 3.44. The predicted octanol–water partition coefficient (Wildman–Crippen LogP) is 4.91. The van der Waals surface area contributed by atoms with Gasteiger partial charge in [0.2, 0.25) is 5.91 Å². The van der Waals surface area contributed by atoms with Gasteiger partial charge in [-0.1, -0.05) is 107 Å². The van der Waals surface area contributed by atoms with Gasteiger partial charge in [0.1, 0.15) is 30.5 Å². The SMILES string of the molecule is CCCC/C=C\CCCCCCC(O)C(=O)NC(COC1OC(CO)C(O)C(O)C1O)C(O)/C=C/CC/C=C/CC/C=C/CCCCC. The fourth-order valence-electron chi connectivity index (χ4n) is 5.29. The third kappa shape index (κ3) is 19.9. The molecule has 1 saturated heterocycles. The molecule has 0 aromatic rings. The molecular formula is C38H67NO9. The Labute approximate surface area is 289 Å². The average Bonchev–Trinajstić information content (AvgIpc) is 3.08. The Morgan fingerprint density at radius 1 is 0.708 bits per heavy atom. The Hall–Kier alpha value is -1.89. The highest BCUT2D eigenvalue weighted by atomic mass is 16.7. The molecule has 278 valence electrons. The standard InChI is InChI=1S/C38H67NO9/c1-3-5-7-9-11-13-15-16-17-19-20-22-24-26-31(41)30(29-47-38-36(45)35(44)34(43)33(28-40)48-38)39-37(46)32(42)27-25-23-21-18-14-12-10-8-6-4-2/h10-13,17,19,24,26,30-36,38,40-45H,3-9,14-16,18,20-23,25,27-29H2,1-2H3,(H,39,46)/b12-10-,13-11+,19-17+,26-24+. The quantitative estimate of drug-likeness (QED) is 0.0448. The van der Waals surface area contributed by atoms with Crippen molar-refractivity contribution in [3.63, 3.8) is 0 Å². The molecule has 0 spiro atoms. The van der Waals surface area contributed by atoms with E-state index in [4.69, 9.17) is 9.47 Å². The zero-order chi connectivity index (χ0) is 35.4. The van der Waals surface area contributed by atoms with E-state index in [0.717, 1.165) is 57.8 Å². The number of allylic oxidation sites excluding steroid dienone is 7. The van der Waals surface area contributed by atoms with E-state index in [-0.39, 0.29) is 13.0 Å². The van der Waals surface area contributed by atoms with Gasteiger partial charge in [0.25, 0.3) is 0 Å². The van der Waals surface area contributed by atoms with Gasteiger partial charge in [-0.2, -0.15) is 0 Å². The van der Waals surface area contributed by atoms with Crippen molar-refractivity contribution < 1.29 is 44.9 Å². The lowest BCUT2D eigenvalue weighted by atomic mass is 9.99. The molecule has 8 atom stereocenters. The van der Waals surface area contributed by atoms with Crippen molar-refractivity contribution in [2.24, 2.45) is 0 Å². The molecule has 0 aliphatic carbocycles. The lowest BCUT2D eigenvalue weighted by Crippen LogP contribution is -2.60. The Kier molecular flexibility index (Phi) is 26.6. The molecule has 1 fully saturated rings. The van der Waals surface area contributed by atoms with Crippen molar-refractivity contribution >= 4 is 5.91 Å². The average molecular weight is 682 g/mol. The highest BCUT2D eigenvalue weighted by molar-refractivity contribution is 5.80. The van der Waals surface area contributed by atoms with Crippen LogP contribution >= 0.6 is 0 Å². The molecule has 1 aliphatic heterocycles. The van der Waals surface area contributed by atoms with Crippen LogP contribution in [0.15, 0.2) is 48.6 Å². The summed E-state index contributed by atoms with van der Waals surface area (Å²) in [5.41, 5.74) is 0. The maximum absolute atomic E-state index is 12.9. The summed E-state index contributed by atoms with van der Waals surface area (Å²) < 4.78 is 11.0. The largest absolute Gasteiger partial charge is 0.394 e. The van der Waals surface area contributed by atoms with Crippen LogP contribution in [0.25, 0.3) is 0 Å².